The van der Waals surface area contributed by atoms with Gasteiger partial charge in [-0.05, 0) is 25.0 Å². The highest BCUT2D eigenvalue weighted by Crippen LogP contribution is 2.49. The summed E-state index contributed by atoms with van der Waals surface area (Å²) in [5.74, 6) is -0.450. The van der Waals surface area contributed by atoms with Crippen LogP contribution in [0.2, 0.25) is 0 Å². The molecule has 1 heterocycles. The molecule has 0 bridgehead atoms. The van der Waals surface area contributed by atoms with Gasteiger partial charge in [0.2, 0.25) is 5.91 Å². The molecule has 1 saturated heterocycles. The number of nitrogens with one attached hydrogen (secondary N) is 1. The Kier molecular flexibility index (Phi) is 2.82. The lowest BCUT2D eigenvalue weighted by molar-refractivity contribution is -0.136. The third kappa shape index (κ3) is 1.81. The Morgan fingerprint density at radius 1 is 1.25 bits per heavy atom. The van der Waals surface area contributed by atoms with Crippen LogP contribution in [0.25, 0.3) is 0 Å². The molecule has 1 N–H and O–H groups in total. The topological polar surface area (TPSA) is 75.7 Å². The molecule has 7 heteroatoms. The number of amides is 4. The molecule has 0 aromatic heterocycles. The van der Waals surface area contributed by atoms with Crippen molar-refractivity contribution in [2.24, 2.45) is 5.41 Å². The fraction of sp³-hybridized carbons (Fsp3) is 0.308. The van der Waals surface area contributed by atoms with E-state index in [1.165, 1.54) is 7.11 Å². The summed E-state index contributed by atoms with van der Waals surface area (Å²) in [6.45, 7) is 0. The zero-order chi connectivity index (χ0) is 14.5. The Labute approximate surface area is 123 Å². The van der Waals surface area contributed by atoms with E-state index in [1.54, 1.807) is 18.2 Å². The number of benzene rings is 1. The van der Waals surface area contributed by atoms with Crippen molar-refractivity contribution in [1.29, 1.82) is 0 Å². The number of hydrogen-bond acceptors (Lipinski definition) is 4. The number of anilines is 1. The number of carbonyl (C=O) groups excluding carboxylic acids is 3. The highest BCUT2D eigenvalue weighted by atomic mass is 79.9. The first-order chi connectivity index (χ1) is 9.48. The zero-order valence-electron chi connectivity index (χ0n) is 10.6. The first-order valence-corrected chi connectivity index (χ1v) is 6.82. The van der Waals surface area contributed by atoms with Gasteiger partial charge in [0.15, 0.2) is 0 Å². The zero-order valence-corrected chi connectivity index (χ0v) is 12.2. The number of ether oxygens (including phenoxy) is 1. The number of barbiturate groups is 1. The quantitative estimate of drug-likeness (QED) is 0.834. The van der Waals surface area contributed by atoms with E-state index >= 15 is 0 Å². The van der Waals surface area contributed by atoms with E-state index in [0.29, 0.717) is 28.8 Å². The minimum absolute atomic E-state index is 0.373. The molecule has 1 aliphatic heterocycles. The second-order valence-electron chi connectivity index (χ2n) is 4.83. The molecule has 0 unspecified atom stereocenters. The van der Waals surface area contributed by atoms with Crippen molar-refractivity contribution in [2.75, 3.05) is 12.0 Å². The van der Waals surface area contributed by atoms with Crippen LogP contribution in [-0.4, -0.2) is 25.0 Å². The number of carbonyl (C=O) groups is 3. The lowest BCUT2D eigenvalue weighted by Crippen LogP contribution is -2.59. The van der Waals surface area contributed by atoms with Gasteiger partial charge in [0, 0.05) is 10.5 Å². The van der Waals surface area contributed by atoms with Gasteiger partial charge >= 0.3 is 6.03 Å². The molecular weight excluding hydrogens is 328 g/mol. The maximum Gasteiger partial charge on any atom is 0.335 e. The number of methoxy groups -OCH3 is 1. The van der Waals surface area contributed by atoms with Crippen LogP contribution < -0.4 is 15.0 Å². The van der Waals surface area contributed by atoms with Crippen LogP contribution in [0.3, 0.4) is 0 Å². The fourth-order valence-corrected chi connectivity index (χ4v) is 2.73. The number of rotatable bonds is 2. The molecule has 1 aromatic rings. The number of halogens is 1. The van der Waals surface area contributed by atoms with Crippen molar-refractivity contribution < 1.29 is 19.1 Å². The maximum atomic E-state index is 12.4. The van der Waals surface area contributed by atoms with E-state index in [1.807, 2.05) is 0 Å². The third-order valence-electron chi connectivity index (χ3n) is 3.57. The molecule has 20 heavy (non-hydrogen) atoms. The van der Waals surface area contributed by atoms with Gasteiger partial charge in [-0.1, -0.05) is 15.9 Å². The Morgan fingerprint density at radius 2 is 1.95 bits per heavy atom. The monoisotopic (exact) mass is 338 g/mol. The first kappa shape index (κ1) is 13.1. The molecule has 0 atom stereocenters. The van der Waals surface area contributed by atoms with Gasteiger partial charge in [-0.15, -0.1) is 0 Å². The summed E-state index contributed by atoms with van der Waals surface area (Å²) < 4.78 is 5.79. The van der Waals surface area contributed by atoms with Crippen LogP contribution in [0.15, 0.2) is 22.7 Å². The van der Waals surface area contributed by atoms with Crippen molar-refractivity contribution in [2.45, 2.75) is 12.8 Å². The van der Waals surface area contributed by atoms with Gasteiger partial charge in [0.1, 0.15) is 11.2 Å². The SMILES string of the molecule is COc1cc(Br)cc(N2C(=O)NC(=O)C3(CC3)C2=O)c1. The van der Waals surface area contributed by atoms with Gasteiger partial charge in [-0.3, -0.25) is 14.9 Å². The summed E-state index contributed by atoms with van der Waals surface area (Å²) in [7, 11) is 1.50. The number of urea groups is 1. The number of nitrogens with zero attached hydrogens (tertiary/aromatic N) is 1. The predicted octanol–water partition coefficient (Wildman–Crippen LogP) is 1.82. The lowest BCUT2D eigenvalue weighted by Gasteiger charge is -2.30. The second kappa shape index (κ2) is 4.31. The van der Waals surface area contributed by atoms with Crippen molar-refractivity contribution in [3.8, 4) is 5.75 Å². The third-order valence-corrected chi connectivity index (χ3v) is 4.03. The highest BCUT2D eigenvalue weighted by molar-refractivity contribution is 9.10. The van der Waals surface area contributed by atoms with E-state index in [4.69, 9.17) is 4.74 Å². The Hall–Kier alpha value is -1.89. The standard InChI is InChI=1S/C13H11BrN2O4/c1-20-9-5-7(14)4-8(6-9)16-11(18)13(2-3-13)10(17)15-12(16)19/h4-6H,2-3H2,1H3,(H,15,17,19). The smallest absolute Gasteiger partial charge is 0.335 e. The summed E-state index contributed by atoms with van der Waals surface area (Å²) in [5.41, 5.74) is -0.679. The van der Waals surface area contributed by atoms with E-state index in [-0.39, 0.29) is 0 Å². The Bertz CT molecular complexity index is 639. The maximum absolute atomic E-state index is 12.4. The van der Waals surface area contributed by atoms with Crippen LogP contribution >= 0.6 is 15.9 Å². The molecule has 2 fully saturated rings. The lowest BCUT2D eigenvalue weighted by atomic mass is 10.0. The molecule has 1 aliphatic carbocycles. The normalized spacial score (nSPS) is 20.1. The largest absolute Gasteiger partial charge is 0.497 e. The van der Waals surface area contributed by atoms with E-state index < -0.39 is 23.3 Å². The predicted molar refractivity (Wildman–Crippen MR) is 73.4 cm³/mol. The number of imide groups is 2. The van der Waals surface area contributed by atoms with Gasteiger partial charge in [0.05, 0.1) is 12.8 Å². The number of hydrogen-bond donors (Lipinski definition) is 1. The van der Waals surface area contributed by atoms with E-state index in [9.17, 15) is 14.4 Å². The summed E-state index contributed by atoms with van der Waals surface area (Å²) in [6, 6.07) is 4.20. The van der Waals surface area contributed by atoms with Crippen LogP contribution in [0, 0.1) is 5.41 Å². The Balaban J connectivity index is 2.04. The minimum atomic E-state index is -1.05. The minimum Gasteiger partial charge on any atom is -0.497 e. The van der Waals surface area contributed by atoms with Gasteiger partial charge < -0.3 is 4.74 Å². The van der Waals surface area contributed by atoms with Crippen LogP contribution in [0.5, 0.6) is 5.75 Å². The van der Waals surface area contributed by atoms with Crippen molar-refractivity contribution >= 4 is 39.5 Å². The second-order valence-corrected chi connectivity index (χ2v) is 5.75. The Morgan fingerprint density at radius 3 is 2.55 bits per heavy atom. The van der Waals surface area contributed by atoms with Gasteiger partial charge in [-0.2, -0.15) is 0 Å². The molecule has 3 rings (SSSR count). The van der Waals surface area contributed by atoms with E-state index in [2.05, 4.69) is 21.2 Å². The molecule has 1 aromatic carbocycles. The van der Waals surface area contributed by atoms with Crippen LogP contribution in [-0.2, 0) is 9.59 Å². The molecule has 2 aliphatic rings. The summed E-state index contributed by atoms with van der Waals surface area (Å²) in [4.78, 5) is 37.1. The molecule has 0 radical (unpaired) electrons. The molecule has 104 valence electrons. The summed E-state index contributed by atoms with van der Waals surface area (Å²) >= 11 is 3.30. The van der Waals surface area contributed by atoms with E-state index in [0.717, 1.165) is 4.90 Å². The van der Waals surface area contributed by atoms with Crippen LogP contribution in [0.1, 0.15) is 12.8 Å². The van der Waals surface area contributed by atoms with Crippen molar-refractivity contribution in [1.82, 2.24) is 5.32 Å². The fourth-order valence-electron chi connectivity index (χ4n) is 2.27. The first-order valence-electron chi connectivity index (χ1n) is 6.02. The molecule has 6 nitrogen and oxygen atoms in total. The summed E-state index contributed by atoms with van der Waals surface area (Å²) in [6.07, 6.45) is 0.958. The van der Waals surface area contributed by atoms with Crippen molar-refractivity contribution in [3.05, 3.63) is 22.7 Å². The highest BCUT2D eigenvalue weighted by Gasteiger charge is 2.62. The molecule has 1 saturated carbocycles. The molecule has 4 amide bonds. The average Bonchev–Trinajstić information content (AvgIpc) is 3.18. The van der Waals surface area contributed by atoms with Gasteiger partial charge in [0.25, 0.3) is 5.91 Å². The molecular formula is C13H11BrN2O4. The summed E-state index contributed by atoms with van der Waals surface area (Å²) in [5, 5.41) is 2.24. The molecule has 1 spiro atoms. The van der Waals surface area contributed by atoms with Crippen molar-refractivity contribution in [3.63, 3.8) is 0 Å². The average molecular weight is 339 g/mol. The van der Waals surface area contributed by atoms with Gasteiger partial charge in [-0.25, -0.2) is 9.69 Å². The van der Waals surface area contributed by atoms with Crippen LogP contribution in [0.4, 0.5) is 10.5 Å².